The van der Waals surface area contributed by atoms with E-state index >= 15 is 0 Å². The van der Waals surface area contributed by atoms with E-state index in [1.165, 1.54) is 22.9 Å². The van der Waals surface area contributed by atoms with Crippen LogP contribution < -0.4 is 17.0 Å². The normalized spacial score (nSPS) is 15.5. The fourth-order valence-corrected chi connectivity index (χ4v) is 2.49. The average molecular weight is 272 g/mol. The molecule has 1 nitrogen and oxygen atoms in total. The van der Waals surface area contributed by atoms with Crippen molar-refractivity contribution in [2.24, 2.45) is 0 Å². The molecule has 1 aromatic rings. The van der Waals surface area contributed by atoms with E-state index in [2.05, 4.69) is 41.8 Å². The summed E-state index contributed by atoms with van der Waals surface area (Å²) in [5.41, 5.74) is 1.41. The van der Waals surface area contributed by atoms with Crippen molar-refractivity contribution in [2.45, 2.75) is 13.5 Å². The van der Waals surface area contributed by atoms with Crippen LogP contribution in [0.2, 0.25) is 0 Å². The first-order chi connectivity index (χ1) is 6.36. The van der Waals surface area contributed by atoms with Crippen molar-refractivity contribution in [3.8, 4) is 0 Å². The number of nitrogens with zero attached hydrogens (tertiary/aromatic N) is 1. The van der Waals surface area contributed by atoms with Crippen molar-refractivity contribution in [3.63, 3.8) is 0 Å². The van der Waals surface area contributed by atoms with E-state index < -0.39 is 0 Å². The van der Waals surface area contributed by atoms with Gasteiger partial charge in [0.1, 0.15) is 0 Å². The van der Waals surface area contributed by atoms with Gasteiger partial charge in [-0.1, -0.05) is 42.1 Å². The molecule has 3 heteroatoms. The minimum absolute atomic E-state index is 0. The molecule has 0 aliphatic carbocycles. The minimum atomic E-state index is 0. The summed E-state index contributed by atoms with van der Waals surface area (Å²) >= 11 is 1.97. The Kier molecular flexibility index (Phi) is 4.69. The summed E-state index contributed by atoms with van der Waals surface area (Å²) in [5, 5.41) is 1.46. The fourth-order valence-electron chi connectivity index (χ4n) is 1.55. The number of benzene rings is 1. The largest absolute Gasteiger partial charge is 1.00 e. The van der Waals surface area contributed by atoms with E-state index in [9.17, 15) is 0 Å². The van der Waals surface area contributed by atoms with Gasteiger partial charge >= 0.3 is 0 Å². The predicted molar refractivity (Wildman–Crippen MR) is 58.4 cm³/mol. The van der Waals surface area contributed by atoms with Crippen LogP contribution in [0.5, 0.6) is 0 Å². The number of halogens is 1. The Bertz CT molecular complexity index is 321. The zero-order valence-electron chi connectivity index (χ0n) is 8.24. The van der Waals surface area contributed by atoms with Crippen molar-refractivity contribution in [1.29, 1.82) is 0 Å². The molecule has 14 heavy (non-hydrogen) atoms. The molecule has 0 saturated heterocycles. The van der Waals surface area contributed by atoms with Crippen LogP contribution in [0.3, 0.4) is 0 Å². The first kappa shape index (κ1) is 11.8. The van der Waals surface area contributed by atoms with E-state index in [4.69, 9.17) is 0 Å². The molecule has 2 rings (SSSR count). The summed E-state index contributed by atoms with van der Waals surface area (Å²) in [6.45, 7) is 4.48. The maximum atomic E-state index is 2.44. The molecule has 0 saturated carbocycles. The van der Waals surface area contributed by atoms with Crippen molar-refractivity contribution >= 4 is 16.8 Å². The van der Waals surface area contributed by atoms with Crippen molar-refractivity contribution < 1.29 is 21.6 Å². The second kappa shape index (κ2) is 5.56. The first-order valence-electron chi connectivity index (χ1n) is 4.61. The van der Waals surface area contributed by atoms with Crippen LogP contribution in [0, 0.1) is 0 Å². The van der Waals surface area contributed by atoms with Crippen LogP contribution in [-0.4, -0.2) is 21.9 Å². The molecule has 0 N–H and O–H groups in total. The summed E-state index contributed by atoms with van der Waals surface area (Å²) in [4.78, 5) is 0. The molecule has 0 spiro atoms. The molecule has 76 valence electrons. The molecular formula is C11H14BrNS. The lowest BCUT2D eigenvalue weighted by molar-refractivity contribution is -0.534. The predicted octanol–water partition coefficient (Wildman–Crippen LogP) is -0.632. The Labute approximate surface area is 100.0 Å². The van der Waals surface area contributed by atoms with Gasteiger partial charge in [-0.25, -0.2) is 4.58 Å². The Morgan fingerprint density at radius 3 is 2.57 bits per heavy atom. The highest BCUT2D eigenvalue weighted by Crippen LogP contribution is 2.13. The van der Waals surface area contributed by atoms with Crippen LogP contribution >= 0.6 is 11.8 Å². The Balaban J connectivity index is 0.000000980. The summed E-state index contributed by atoms with van der Waals surface area (Å²) < 4.78 is 2.44. The molecule has 0 unspecified atom stereocenters. The lowest BCUT2D eigenvalue weighted by atomic mass is 10.2. The molecule has 1 aromatic carbocycles. The Morgan fingerprint density at radius 2 is 2.00 bits per heavy atom. The number of hydrogen-bond acceptors (Lipinski definition) is 1. The highest BCUT2D eigenvalue weighted by Gasteiger charge is 2.18. The van der Waals surface area contributed by atoms with Crippen molar-refractivity contribution in [3.05, 3.63) is 35.9 Å². The van der Waals surface area contributed by atoms with Crippen molar-refractivity contribution in [2.75, 3.05) is 12.3 Å². The SMILES string of the molecule is CC1=[N+](Cc2ccccc2)CCS1.[Br-]. The zero-order chi connectivity index (χ0) is 9.10. The van der Waals surface area contributed by atoms with Crippen LogP contribution in [0.25, 0.3) is 0 Å². The quantitative estimate of drug-likeness (QED) is 0.648. The highest BCUT2D eigenvalue weighted by atomic mass is 79.9. The van der Waals surface area contributed by atoms with Crippen molar-refractivity contribution in [1.82, 2.24) is 0 Å². The summed E-state index contributed by atoms with van der Waals surface area (Å²) in [6.07, 6.45) is 0. The van der Waals surface area contributed by atoms with E-state index in [1.807, 2.05) is 11.8 Å². The summed E-state index contributed by atoms with van der Waals surface area (Å²) in [7, 11) is 0. The molecule has 0 radical (unpaired) electrons. The van der Waals surface area contributed by atoms with Gasteiger partial charge in [0.2, 0.25) is 5.04 Å². The van der Waals surface area contributed by atoms with Gasteiger partial charge in [-0.15, -0.1) is 0 Å². The minimum Gasteiger partial charge on any atom is -1.00 e. The number of rotatable bonds is 2. The van der Waals surface area contributed by atoms with E-state index in [0.717, 1.165) is 6.54 Å². The smallest absolute Gasteiger partial charge is 0.207 e. The lowest BCUT2D eigenvalue weighted by Gasteiger charge is -1.98. The molecule has 0 atom stereocenters. The second-order valence-electron chi connectivity index (χ2n) is 3.27. The van der Waals surface area contributed by atoms with Crippen LogP contribution in [-0.2, 0) is 6.54 Å². The van der Waals surface area contributed by atoms with E-state index in [1.54, 1.807) is 0 Å². The Hall–Kier alpha value is -0.280. The molecule has 0 amide bonds. The van der Waals surface area contributed by atoms with Gasteiger partial charge in [0.15, 0.2) is 13.1 Å². The molecular weight excluding hydrogens is 258 g/mol. The average Bonchev–Trinajstić information content (AvgIpc) is 2.54. The van der Waals surface area contributed by atoms with Gasteiger partial charge in [0.25, 0.3) is 0 Å². The van der Waals surface area contributed by atoms with Gasteiger partial charge in [-0.2, -0.15) is 0 Å². The first-order valence-corrected chi connectivity index (χ1v) is 5.60. The molecule has 0 fully saturated rings. The van der Waals surface area contributed by atoms with Crippen LogP contribution in [0.1, 0.15) is 12.5 Å². The van der Waals surface area contributed by atoms with E-state index in [-0.39, 0.29) is 17.0 Å². The van der Waals surface area contributed by atoms with Gasteiger partial charge in [-0.3, -0.25) is 0 Å². The van der Waals surface area contributed by atoms with Gasteiger partial charge in [0.05, 0.1) is 5.75 Å². The summed E-state index contributed by atoms with van der Waals surface area (Å²) in [5.74, 6) is 1.25. The summed E-state index contributed by atoms with van der Waals surface area (Å²) in [6, 6.07) is 10.7. The maximum Gasteiger partial charge on any atom is 0.207 e. The molecule has 0 bridgehead atoms. The third-order valence-corrected chi connectivity index (χ3v) is 3.40. The molecule has 1 aliphatic heterocycles. The van der Waals surface area contributed by atoms with Gasteiger partial charge in [0, 0.05) is 12.5 Å². The number of thioether (sulfide) groups is 1. The standard InChI is InChI=1S/C11H14NS.BrH/c1-10-12(7-8-13-10)9-11-5-3-2-4-6-11;/h2-6H,7-9H2,1H3;1H/q+1;/p-1. The van der Waals surface area contributed by atoms with E-state index in [0.29, 0.717) is 0 Å². The second-order valence-corrected chi connectivity index (χ2v) is 4.56. The molecule has 1 heterocycles. The molecule has 1 aliphatic rings. The highest BCUT2D eigenvalue weighted by molar-refractivity contribution is 8.13. The van der Waals surface area contributed by atoms with Gasteiger partial charge in [-0.05, 0) is 0 Å². The third-order valence-electron chi connectivity index (χ3n) is 2.33. The van der Waals surface area contributed by atoms with Gasteiger partial charge < -0.3 is 17.0 Å². The fraction of sp³-hybridized carbons (Fsp3) is 0.364. The monoisotopic (exact) mass is 271 g/mol. The Morgan fingerprint density at radius 1 is 1.29 bits per heavy atom. The van der Waals surface area contributed by atoms with Crippen LogP contribution in [0.15, 0.2) is 30.3 Å². The molecule has 0 aromatic heterocycles. The zero-order valence-corrected chi connectivity index (χ0v) is 10.6. The third kappa shape index (κ3) is 2.85. The lowest BCUT2D eigenvalue weighted by Crippen LogP contribution is -3.00. The topological polar surface area (TPSA) is 3.01 Å². The van der Waals surface area contributed by atoms with Crippen LogP contribution in [0.4, 0.5) is 0 Å². The maximum absolute atomic E-state index is 2.44. The number of hydrogen-bond donors (Lipinski definition) is 0.